The van der Waals surface area contributed by atoms with Gasteiger partial charge < -0.3 is 0 Å². The number of nitrogens with one attached hydrogen (secondary N) is 1. The zero-order valence-corrected chi connectivity index (χ0v) is 12.0. The van der Waals surface area contributed by atoms with Gasteiger partial charge in [-0.3, -0.25) is 10.1 Å². The first-order valence-corrected chi connectivity index (χ1v) is 7.47. The van der Waals surface area contributed by atoms with Crippen LogP contribution >= 0.6 is 22.7 Å². The highest BCUT2D eigenvalue weighted by molar-refractivity contribution is 7.23. The Morgan fingerprint density at radius 2 is 2.00 bits per heavy atom. The maximum absolute atomic E-state index is 13.1. The third-order valence-electron chi connectivity index (χ3n) is 2.56. The van der Waals surface area contributed by atoms with E-state index in [0.29, 0.717) is 10.1 Å². The third-order valence-corrected chi connectivity index (χ3v) is 4.44. The van der Waals surface area contributed by atoms with Crippen molar-refractivity contribution in [3.63, 3.8) is 0 Å². The molecule has 21 heavy (non-hydrogen) atoms. The lowest BCUT2D eigenvalue weighted by molar-refractivity contribution is 0.102. The Kier molecular flexibility index (Phi) is 3.72. The summed E-state index contributed by atoms with van der Waals surface area (Å²) in [7, 11) is 0. The van der Waals surface area contributed by atoms with Crippen molar-refractivity contribution in [1.29, 1.82) is 0 Å². The molecule has 2 heterocycles. The number of halogens is 2. The standard InChI is InChI=1S/C13H7F2N3OS2/c14-8-4-3-7(6-9(8)15)11(19)16-13-18-17-12(21-13)10-2-1-5-20-10/h1-6H,(H,16,18,19). The lowest BCUT2D eigenvalue weighted by Gasteiger charge is -2.01. The molecule has 0 aliphatic rings. The summed E-state index contributed by atoms with van der Waals surface area (Å²) in [6.07, 6.45) is 0. The molecule has 106 valence electrons. The third kappa shape index (κ3) is 2.96. The number of amides is 1. The van der Waals surface area contributed by atoms with E-state index < -0.39 is 17.5 Å². The number of hydrogen-bond acceptors (Lipinski definition) is 5. The maximum Gasteiger partial charge on any atom is 0.257 e. The Balaban J connectivity index is 1.77. The predicted molar refractivity (Wildman–Crippen MR) is 77.5 cm³/mol. The van der Waals surface area contributed by atoms with Gasteiger partial charge in [0.2, 0.25) is 5.13 Å². The minimum atomic E-state index is -1.07. The number of thiophene rings is 1. The van der Waals surface area contributed by atoms with Crippen LogP contribution in [-0.2, 0) is 0 Å². The maximum atomic E-state index is 13.1. The molecular weight excluding hydrogens is 316 g/mol. The van der Waals surface area contributed by atoms with Crippen molar-refractivity contribution in [3.8, 4) is 9.88 Å². The van der Waals surface area contributed by atoms with E-state index in [-0.39, 0.29) is 5.56 Å². The van der Waals surface area contributed by atoms with Crippen molar-refractivity contribution in [1.82, 2.24) is 10.2 Å². The van der Waals surface area contributed by atoms with E-state index >= 15 is 0 Å². The van der Waals surface area contributed by atoms with Crippen LogP contribution in [0.2, 0.25) is 0 Å². The normalized spacial score (nSPS) is 10.6. The van der Waals surface area contributed by atoms with Gasteiger partial charge in [0.25, 0.3) is 5.91 Å². The van der Waals surface area contributed by atoms with Crippen LogP contribution in [0.15, 0.2) is 35.7 Å². The molecule has 0 unspecified atom stereocenters. The molecule has 1 amide bonds. The lowest BCUT2D eigenvalue weighted by atomic mass is 10.2. The first kappa shape index (κ1) is 13.8. The lowest BCUT2D eigenvalue weighted by Crippen LogP contribution is -2.12. The van der Waals surface area contributed by atoms with Gasteiger partial charge in [-0.1, -0.05) is 17.4 Å². The van der Waals surface area contributed by atoms with Crippen LogP contribution in [0.1, 0.15) is 10.4 Å². The Bertz CT molecular complexity index is 787. The fourth-order valence-electron chi connectivity index (χ4n) is 1.58. The van der Waals surface area contributed by atoms with Crippen molar-refractivity contribution < 1.29 is 13.6 Å². The van der Waals surface area contributed by atoms with Gasteiger partial charge >= 0.3 is 0 Å². The average Bonchev–Trinajstić information content (AvgIpc) is 3.12. The van der Waals surface area contributed by atoms with Crippen molar-refractivity contribution in [2.75, 3.05) is 5.32 Å². The molecule has 0 saturated carbocycles. The Labute approximate surface area is 126 Å². The van der Waals surface area contributed by atoms with Gasteiger partial charge in [0.05, 0.1) is 4.88 Å². The molecule has 0 atom stereocenters. The molecule has 3 rings (SSSR count). The summed E-state index contributed by atoms with van der Waals surface area (Å²) >= 11 is 2.72. The van der Waals surface area contributed by atoms with E-state index in [1.807, 2.05) is 17.5 Å². The van der Waals surface area contributed by atoms with Crippen LogP contribution in [0.4, 0.5) is 13.9 Å². The highest BCUT2D eigenvalue weighted by Gasteiger charge is 2.13. The molecule has 0 bridgehead atoms. The molecule has 0 spiro atoms. The zero-order valence-electron chi connectivity index (χ0n) is 10.3. The molecule has 1 aromatic carbocycles. The van der Waals surface area contributed by atoms with E-state index in [2.05, 4.69) is 15.5 Å². The Morgan fingerprint density at radius 3 is 2.71 bits per heavy atom. The van der Waals surface area contributed by atoms with Crippen molar-refractivity contribution in [3.05, 3.63) is 52.9 Å². The van der Waals surface area contributed by atoms with Gasteiger partial charge in [-0.2, -0.15) is 0 Å². The second kappa shape index (κ2) is 5.66. The van der Waals surface area contributed by atoms with Crippen LogP contribution in [0.25, 0.3) is 9.88 Å². The highest BCUT2D eigenvalue weighted by Crippen LogP contribution is 2.29. The van der Waals surface area contributed by atoms with E-state index in [1.165, 1.54) is 28.7 Å². The fraction of sp³-hybridized carbons (Fsp3) is 0. The summed E-state index contributed by atoms with van der Waals surface area (Å²) in [5.74, 6) is -2.63. The van der Waals surface area contributed by atoms with Crippen LogP contribution in [0, 0.1) is 11.6 Å². The molecule has 3 aromatic rings. The predicted octanol–water partition coefficient (Wildman–Crippen LogP) is 3.80. The van der Waals surface area contributed by atoms with Gasteiger partial charge in [-0.05, 0) is 29.6 Å². The molecule has 0 aliphatic heterocycles. The topological polar surface area (TPSA) is 54.9 Å². The van der Waals surface area contributed by atoms with E-state index in [4.69, 9.17) is 0 Å². The van der Waals surface area contributed by atoms with E-state index in [1.54, 1.807) is 0 Å². The van der Waals surface area contributed by atoms with Gasteiger partial charge in [0.15, 0.2) is 16.6 Å². The molecular formula is C13H7F2N3OS2. The number of carbonyl (C=O) groups excluding carboxylic acids is 1. The SMILES string of the molecule is O=C(Nc1nnc(-c2cccs2)s1)c1ccc(F)c(F)c1. The summed E-state index contributed by atoms with van der Waals surface area (Å²) in [6, 6.07) is 6.73. The molecule has 1 N–H and O–H groups in total. The molecule has 2 aromatic heterocycles. The first-order chi connectivity index (χ1) is 10.1. The summed E-state index contributed by atoms with van der Waals surface area (Å²) in [6.45, 7) is 0. The largest absolute Gasteiger partial charge is 0.296 e. The fourth-order valence-corrected chi connectivity index (χ4v) is 3.11. The van der Waals surface area contributed by atoms with Crippen LogP contribution < -0.4 is 5.32 Å². The molecule has 0 fully saturated rings. The number of aromatic nitrogens is 2. The van der Waals surface area contributed by atoms with Crippen molar-refractivity contribution >= 4 is 33.7 Å². The number of carbonyl (C=O) groups is 1. The number of rotatable bonds is 3. The van der Waals surface area contributed by atoms with Crippen molar-refractivity contribution in [2.45, 2.75) is 0 Å². The zero-order chi connectivity index (χ0) is 14.8. The summed E-state index contributed by atoms with van der Waals surface area (Å²) in [4.78, 5) is 12.9. The average molecular weight is 323 g/mol. The van der Waals surface area contributed by atoms with Crippen LogP contribution in [0.5, 0.6) is 0 Å². The minimum Gasteiger partial charge on any atom is -0.296 e. The summed E-state index contributed by atoms with van der Waals surface area (Å²) in [5.41, 5.74) is 0.0155. The summed E-state index contributed by atoms with van der Waals surface area (Å²) < 4.78 is 25.9. The number of anilines is 1. The van der Waals surface area contributed by atoms with Crippen LogP contribution in [-0.4, -0.2) is 16.1 Å². The Morgan fingerprint density at radius 1 is 1.14 bits per heavy atom. The first-order valence-electron chi connectivity index (χ1n) is 5.77. The molecule has 4 nitrogen and oxygen atoms in total. The van der Waals surface area contributed by atoms with Gasteiger partial charge in [-0.25, -0.2) is 8.78 Å². The van der Waals surface area contributed by atoms with Crippen molar-refractivity contribution in [2.24, 2.45) is 0 Å². The number of benzene rings is 1. The Hall–Kier alpha value is -2.19. The summed E-state index contributed by atoms with van der Waals surface area (Å²) in [5, 5.41) is 13.2. The van der Waals surface area contributed by atoms with Gasteiger partial charge in [-0.15, -0.1) is 21.5 Å². The van der Waals surface area contributed by atoms with Gasteiger partial charge in [0, 0.05) is 5.56 Å². The highest BCUT2D eigenvalue weighted by atomic mass is 32.1. The van der Waals surface area contributed by atoms with Crippen LogP contribution in [0.3, 0.4) is 0 Å². The smallest absolute Gasteiger partial charge is 0.257 e. The molecule has 0 aliphatic carbocycles. The monoisotopic (exact) mass is 323 g/mol. The quantitative estimate of drug-likeness (QED) is 0.798. The second-order valence-corrected chi connectivity index (χ2v) is 5.90. The van der Waals surface area contributed by atoms with Gasteiger partial charge in [0.1, 0.15) is 0 Å². The van der Waals surface area contributed by atoms with E-state index in [0.717, 1.165) is 17.0 Å². The minimum absolute atomic E-state index is 0.0155. The molecule has 0 saturated heterocycles. The number of hydrogen-bond donors (Lipinski definition) is 1. The molecule has 8 heteroatoms. The number of nitrogens with zero attached hydrogens (tertiary/aromatic N) is 2. The van der Waals surface area contributed by atoms with E-state index in [9.17, 15) is 13.6 Å². The molecule has 0 radical (unpaired) electrons. The second-order valence-electron chi connectivity index (χ2n) is 3.97.